The summed E-state index contributed by atoms with van der Waals surface area (Å²) in [5.41, 5.74) is 9.04. The highest BCUT2D eigenvalue weighted by Gasteiger charge is 2.22. The Bertz CT molecular complexity index is 470. The summed E-state index contributed by atoms with van der Waals surface area (Å²) in [6, 6.07) is 5.97. The molecule has 0 radical (unpaired) electrons. The van der Waals surface area contributed by atoms with Gasteiger partial charge in [0.15, 0.2) is 0 Å². The fourth-order valence-electron chi connectivity index (χ4n) is 3.04. The van der Waals surface area contributed by atoms with E-state index in [1.807, 2.05) is 24.0 Å². The summed E-state index contributed by atoms with van der Waals surface area (Å²) in [6.07, 6.45) is 5.36. The van der Waals surface area contributed by atoms with Crippen LogP contribution in [0, 0.1) is 12.8 Å². The SMILES string of the molecule is CCCC1CCC(=O)N(Cc2cccc(N)c2C)CC1. The van der Waals surface area contributed by atoms with Crippen LogP contribution in [0.15, 0.2) is 18.2 Å². The van der Waals surface area contributed by atoms with Crippen molar-refractivity contribution in [1.29, 1.82) is 0 Å². The van der Waals surface area contributed by atoms with Crippen LogP contribution in [0.25, 0.3) is 0 Å². The van der Waals surface area contributed by atoms with E-state index in [0.29, 0.717) is 18.9 Å². The van der Waals surface area contributed by atoms with E-state index in [4.69, 9.17) is 5.73 Å². The maximum atomic E-state index is 12.3. The number of hydrogen-bond acceptors (Lipinski definition) is 2. The van der Waals surface area contributed by atoms with Crippen LogP contribution in [0.5, 0.6) is 0 Å². The Morgan fingerprint density at radius 2 is 2.15 bits per heavy atom. The Morgan fingerprint density at radius 1 is 1.35 bits per heavy atom. The monoisotopic (exact) mass is 274 g/mol. The molecule has 0 saturated carbocycles. The number of nitrogens with two attached hydrogens (primary N) is 1. The van der Waals surface area contributed by atoms with Gasteiger partial charge in [0, 0.05) is 25.2 Å². The number of carbonyl (C=O) groups excluding carboxylic acids is 1. The molecule has 1 fully saturated rings. The van der Waals surface area contributed by atoms with Gasteiger partial charge >= 0.3 is 0 Å². The minimum absolute atomic E-state index is 0.297. The van der Waals surface area contributed by atoms with E-state index in [-0.39, 0.29) is 0 Å². The van der Waals surface area contributed by atoms with Crippen LogP contribution < -0.4 is 5.73 Å². The third-order valence-corrected chi connectivity index (χ3v) is 4.47. The Hall–Kier alpha value is -1.51. The van der Waals surface area contributed by atoms with Gasteiger partial charge in [-0.05, 0) is 42.9 Å². The van der Waals surface area contributed by atoms with Gasteiger partial charge in [-0.1, -0.05) is 31.9 Å². The molecule has 110 valence electrons. The van der Waals surface area contributed by atoms with Crippen molar-refractivity contribution in [1.82, 2.24) is 4.90 Å². The fourth-order valence-corrected chi connectivity index (χ4v) is 3.04. The van der Waals surface area contributed by atoms with Crippen molar-refractivity contribution >= 4 is 11.6 Å². The lowest BCUT2D eigenvalue weighted by Crippen LogP contribution is -2.30. The Labute approximate surface area is 122 Å². The van der Waals surface area contributed by atoms with E-state index in [2.05, 4.69) is 13.0 Å². The lowest BCUT2D eigenvalue weighted by molar-refractivity contribution is -0.131. The van der Waals surface area contributed by atoms with Gasteiger partial charge in [0.2, 0.25) is 5.91 Å². The van der Waals surface area contributed by atoms with Crippen LogP contribution in [-0.4, -0.2) is 17.4 Å². The molecule has 0 bridgehead atoms. The summed E-state index contributed by atoms with van der Waals surface area (Å²) < 4.78 is 0. The summed E-state index contributed by atoms with van der Waals surface area (Å²) in [5.74, 6) is 1.02. The topological polar surface area (TPSA) is 46.3 Å². The summed E-state index contributed by atoms with van der Waals surface area (Å²) >= 11 is 0. The van der Waals surface area contributed by atoms with Crippen molar-refractivity contribution in [2.45, 2.75) is 52.5 Å². The number of nitrogens with zero attached hydrogens (tertiary/aromatic N) is 1. The number of amides is 1. The zero-order valence-corrected chi connectivity index (χ0v) is 12.7. The number of carbonyl (C=O) groups is 1. The molecule has 1 saturated heterocycles. The minimum atomic E-state index is 0.297. The molecule has 3 heteroatoms. The summed E-state index contributed by atoms with van der Waals surface area (Å²) in [4.78, 5) is 14.3. The Kier molecular flexibility index (Phi) is 5.05. The van der Waals surface area contributed by atoms with Gasteiger partial charge in [0.25, 0.3) is 0 Å². The molecule has 1 aliphatic rings. The lowest BCUT2D eigenvalue weighted by Gasteiger charge is -2.22. The van der Waals surface area contributed by atoms with E-state index in [9.17, 15) is 4.79 Å². The van der Waals surface area contributed by atoms with E-state index >= 15 is 0 Å². The standard InChI is InChI=1S/C17H26N2O/c1-3-5-14-8-9-17(20)19(11-10-14)12-15-6-4-7-16(18)13(15)2/h4,6-7,14H,3,5,8-12,18H2,1-2H3. The zero-order valence-electron chi connectivity index (χ0n) is 12.7. The first-order chi connectivity index (χ1) is 9.61. The molecule has 1 unspecified atom stereocenters. The van der Waals surface area contributed by atoms with Crippen molar-refractivity contribution < 1.29 is 4.79 Å². The van der Waals surface area contributed by atoms with E-state index < -0.39 is 0 Å². The summed E-state index contributed by atoms with van der Waals surface area (Å²) in [7, 11) is 0. The molecule has 1 aromatic carbocycles. The Balaban J connectivity index is 2.04. The van der Waals surface area contributed by atoms with Gasteiger partial charge in [0.05, 0.1) is 0 Å². The molecule has 0 aliphatic carbocycles. The van der Waals surface area contributed by atoms with Crippen molar-refractivity contribution in [3.8, 4) is 0 Å². The number of anilines is 1. The van der Waals surface area contributed by atoms with E-state index in [1.165, 1.54) is 18.4 Å². The van der Waals surface area contributed by atoms with Gasteiger partial charge < -0.3 is 10.6 Å². The number of nitrogen functional groups attached to an aromatic ring is 1. The van der Waals surface area contributed by atoms with Crippen LogP contribution >= 0.6 is 0 Å². The molecule has 2 rings (SSSR count). The number of rotatable bonds is 4. The van der Waals surface area contributed by atoms with Crippen LogP contribution in [0.3, 0.4) is 0 Å². The average molecular weight is 274 g/mol. The predicted molar refractivity (Wildman–Crippen MR) is 83.3 cm³/mol. The van der Waals surface area contributed by atoms with Crippen LogP contribution in [0.1, 0.15) is 50.2 Å². The molecule has 2 N–H and O–H groups in total. The van der Waals surface area contributed by atoms with Gasteiger partial charge in [-0.25, -0.2) is 0 Å². The molecule has 1 heterocycles. The summed E-state index contributed by atoms with van der Waals surface area (Å²) in [5, 5.41) is 0. The molecule has 0 aromatic heterocycles. The third kappa shape index (κ3) is 3.53. The van der Waals surface area contributed by atoms with Crippen LogP contribution in [0.4, 0.5) is 5.69 Å². The maximum Gasteiger partial charge on any atom is 0.222 e. The number of likely N-dealkylation sites (tertiary alicyclic amines) is 1. The fraction of sp³-hybridized carbons (Fsp3) is 0.588. The second-order valence-corrected chi connectivity index (χ2v) is 5.93. The highest BCUT2D eigenvalue weighted by molar-refractivity contribution is 5.76. The molecule has 1 aliphatic heterocycles. The lowest BCUT2D eigenvalue weighted by atomic mass is 9.96. The first-order valence-corrected chi connectivity index (χ1v) is 7.73. The molecule has 0 spiro atoms. The molecule has 1 atom stereocenters. The first-order valence-electron chi connectivity index (χ1n) is 7.73. The molecule has 3 nitrogen and oxygen atoms in total. The van der Waals surface area contributed by atoms with E-state index in [1.54, 1.807) is 0 Å². The van der Waals surface area contributed by atoms with Crippen molar-refractivity contribution in [2.75, 3.05) is 12.3 Å². The molecule has 1 aromatic rings. The van der Waals surface area contributed by atoms with Crippen LogP contribution in [0.2, 0.25) is 0 Å². The number of benzene rings is 1. The minimum Gasteiger partial charge on any atom is -0.399 e. The van der Waals surface area contributed by atoms with Gasteiger partial charge in [0.1, 0.15) is 0 Å². The molecule has 1 amide bonds. The second kappa shape index (κ2) is 6.78. The third-order valence-electron chi connectivity index (χ3n) is 4.47. The van der Waals surface area contributed by atoms with Gasteiger partial charge in [-0.15, -0.1) is 0 Å². The summed E-state index contributed by atoms with van der Waals surface area (Å²) in [6.45, 7) is 5.85. The zero-order chi connectivity index (χ0) is 14.5. The first kappa shape index (κ1) is 14.9. The Morgan fingerprint density at radius 3 is 2.90 bits per heavy atom. The van der Waals surface area contributed by atoms with Crippen LogP contribution in [-0.2, 0) is 11.3 Å². The molecular weight excluding hydrogens is 248 g/mol. The van der Waals surface area contributed by atoms with Crippen molar-refractivity contribution in [3.63, 3.8) is 0 Å². The second-order valence-electron chi connectivity index (χ2n) is 5.93. The van der Waals surface area contributed by atoms with E-state index in [0.717, 1.165) is 36.6 Å². The normalized spacial score (nSPS) is 20.0. The largest absolute Gasteiger partial charge is 0.399 e. The average Bonchev–Trinajstić information content (AvgIpc) is 2.60. The van der Waals surface area contributed by atoms with Gasteiger partial charge in [-0.3, -0.25) is 4.79 Å². The molecule has 20 heavy (non-hydrogen) atoms. The highest BCUT2D eigenvalue weighted by Crippen LogP contribution is 2.25. The predicted octanol–water partition coefficient (Wildman–Crippen LogP) is 3.51. The van der Waals surface area contributed by atoms with Crippen molar-refractivity contribution in [2.24, 2.45) is 5.92 Å². The quantitative estimate of drug-likeness (QED) is 0.854. The number of hydrogen-bond donors (Lipinski definition) is 1. The smallest absolute Gasteiger partial charge is 0.222 e. The van der Waals surface area contributed by atoms with Gasteiger partial charge in [-0.2, -0.15) is 0 Å². The maximum absolute atomic E-state index is 12.3. The molecular formula is C17H26N2O. The highest BCUT2D eigenvalue weighted by atomic mass is 16.2. The van der Waals surface area contributed by atoms with Crippen molar-refractivity contribution in [3.05, 3.63) is 29.3 Å².